The van der Waals surface area contributed by atoms with Crippen molar-refractivity contribution in [3.05, 3.63) is 53.0 Å². The van der Waals surface area contributed by atoms with Gasteiger partial charge in [-0.2, -0.15) is 0 Å². The van der Waals surface area contributed by atoms with Gasteiger partial charge in [0.2, 0.25) is 0 Å². The summed E-state index contributed by atoms with van der Waals surface area (Å²) in [5.41, 5.74) is 3.54. The van der Waals surface area contributed by atoms with Crippen molar-refractivity contribution in [2.45, 2.75) is 51.6 Å². The highest BCUT2D eigenvalue weighted by Gasteiger charge is 2.26. The summed E-state index contributed by atoms with van der Waals surface area (Å²) < 4.78 is 14.1. The van der Waals surface area contributed by atoms with Crippen LogP contribution in [-0.4, -0.2) is 41.7 Å². The van der Waals surface area contributed by atoms with E-state index in [0.29, 0.717) is 24.7 Å². The van der Waals surface area contributed by atoms with Gasteiger partial charge in [0, 0.05) is 37.4 Å². The lowest BCUT2D eigenvalue weighted by atomic mass is 9.88. The Labute approximate surface area is 177 Å². The number of anilines is 1. The van der Waals surface area contributed by atoms with Crippen LogP contribution in [0.2, 0.25) is 0 Å². The first-order valence-corrected chi connectivity index (χ1v) is 10.9. The third-order valence-electron chi connectivity index (χ3n) is 5.93. The Hall–Kier alpha value is -2.83. The molecule has 160 valence electrons. The van der Waals surface area contributed by atoms with E-state index in [4.69, 9.17) is 4.99 Å². The highest BCUT2D eigenvalue weighted by atomic mass is 19.1. The highest BCUT2D eigenvalue weighted by molar-refractivity contribution is 5.80. The number of nitrogens with zero attached hydrogens (tertiary/aromatic N) is 3. The van der Waals surface area contributed by atoms with Gasteiger partial charge in [0.25, 0.3) is 0 Å². The number of hydrogen-bond donors (Lipinski definition) is 3. The maximum Gasteiger partial charge on any atom is 0.191 e. The topological polar surface area (TPSA) is 72.8 Å². The molecule has 1 unspecified atom stereocenters. The number of pyridine rings is 1. The fourth-order valence-corrected chi connectivity index (χ4v) is 4.42. The molecule has 6 nitrogen and oxygen atoms in total. The lowest BCUT2D eigenvalue weighted by molar-refractivity contribution is 0.465. The summed E-state index contributed by atoms with van der Waals surface area (Å²) in [6.07, 6.45) is 6.95. The number of guanidine groups is 1. The lowest BCUT2D eigenvalue weighted by Crippen LogP contribution is -2.44. The third-order valence-corrected chi connectivity index (χ3v) is 5.93. The van der Waals surface area contributed by atoms with Crippen LogP contribution >= 0.6 is 0 Å². The van der Waals surface area contributed by atoms with Gasteiger partial charge >= 0.3 is 0 Å². The molecule has 0 spiro atoms. The molecular formula is C23H30FN5O. The number of aromatic nitrogens is 1. The molecule has 3 N–H and O–H groups in total. The van der Waals surface area contributed by atoms with Crippen molar-refractivity contribution in [2.24, 2.45) is 4.99 Å². The first-order chi connectivity index (χ1) is 14.7. The maximum atomic E-state index is 14.1. The van der Waals surface area contributed by atoms with Gasteiger partial charge in [-0.25, -0.2) is 14.4 Å². The van der Waals surface area contributed by atoms with Crippen molar-refractivity contribution in [1.29, 1.82) is 0 Å². The van der Waals surface area contributed by atoms with Gasteiger partial charge in [-0.1, -0.05) is 6.07 Å². The van der Waals surface area contributed by atoms with Gasteiger partial charge in [-0.15, -0.1) is 0 Å². The molecule has 1 saturated heterocycles. The summed E-state index contributed by atoms with van der Waals surface area (Å²) in [6, 6.07) is 7.05. The Bertz CT molecular complexity index is 916. The van der Waals surface area contributed by atoms with Gasteiger partial charge in [0.15, 0.2) is 17.6 Å². The predicted octanol–water partition coefficient (Wildman–Crippen LogP) is 3.14. The number of halogens is 1. The largest absolute Gasteiger partial charge is 0.508 e. The molecule has 1 fully saturated rings. The number of aliphatic imine (C=N–C) groups is 1. The van der Waals surface area contributed by atoms with Crippen LogP contribution in [0.4, 0.5) is 10.2 Å². The summed E-state index contributed by atoms with van der Waals surface area (Å²) in [5.74, 6) is 1.17. The second-order valence-corrected chi connectivity index (χ2v) is 7.99. The Kier molecular flexibility index (Phi) is 6.35. The van der Waals surface area contributed by atoms with Gasteiger partial charge in [0.05, 0.1) is 6.54 Å². The van der Waals surface area contributed by atoms with E-state index in [1.165, 1.54) is 23.6 Å². The highest BCUT2D eigenvalue weighted by Crippen LogP contribution is 2.31. The molecular weight excluding hydrogens is 381 g/mol. The molecule has 1 aromatic heterocycles. The van der Waals surface area contributed by atoms with Gasteiger partial charge in [-0.05, 0) is 68.4 Å². The van der Waals surface area contributed by atoms with Crippen LogP contribution in [-0.2, 0) is 19.4 Å². The van der Waals surface area contributed by atoms with Crippen molar-refractivity contribution >= 4 is 11.8 Å². The molecule has 0 amide bonds. The van der Waals surface area contributed by atoms with Gasteiger partial charge in [0.1, 0.15) is 5.75 Å². The second-order valence-electron chi connectivity index (χ2n) is 7.99. The molecule has 1 aliphatic heterocycles. The summed E-state index contributed by atoms with van der Waals surface area (Å²) in [5, 5.41) is 17.2. The molecule has 2 heterocycles. The van der Waals surface area contributed by atoms with Crippen LogP contribution in [0, 0.1) is 5.82 Å². The molecule has 2 aromatic rings. The van der Waals surface area contributed by atoms with Crippen molar-refractivity contribution < 1.29 is 9.50 Å². The van der Waals surface area contributed by atoms with Crippen LogP contribution in [0.3, 0.4) is 0 Å². The number of rotatable bonds is 5. The van der Waals surface area contributed by atoms with Crippen LogP contribution in [0.5, 0.6) is 5.75 Å². The van der Waals surface area contributed by atoms with Crippen LogP contribution in [0.15, 0.2) is 35.5 Å². The van der Waals surface area contributed by atoms with E-state index in [1.807, 2.05) is 17.9 Å². The average molecular weight is 412 g/mol. The van der Waals surface area contributed by atoms with E-state index in [9.17, 15) is 9.50 Å². The van der Waals surface area contributed by atoms with Crippen LogP contribution in [0.1, 0.15) is 42.9 Å². The molecule has 1 aliphatic carbocycles. The number of phenols is 1. The zero-order valence-corrected chi connectivity index (χ0v) is 17.5. The number of hydrogen-bond acceptors (Lipinski definition) is 4. The molecule has 7 heteroatoms. The molecule has 1 atom stereocenters. The summed E-state index contributed by atoms with van der Waals surface area (Å²) in [4.78, 5) is 10.9. The first kappa shape index (κ1) is 20.4. The van der Waals surface area contributed by atoms with Gasteiger partial charge in [-0.3, -0.25) is 0 Å². The Balaban J connectivity index is 1.45. The Morgan fingerprint density at radius 1 is 1.30 bits per heavy atom. The monoisotopic (exact) mass is 411 g/mol. The number of aryl methyl sites for hydroxylation is 1. The molecule has 0 radical (unpaired) electrons. The molecule has 2 aliphatic rings. The summed E-state index contributed by atoms with van der Waals surface area (Å²) in [6.45, 7) is 4.64. The minimum Gasteiger partial charge on any atom is -0.508 e. The predicted molar refractivity (Wildman–Crippen MR) is 118 cm³/mol. The van der Waals surface area contributed by atoms with E-state index in [2.05, 4.69) is 15.6 Å². The van der Waals surface area contributed by atoms with Crippen molar-refractivity contribution in [3.63, 3.8) is 0 Å². The van der Waals surface area contributed by atoms with Crippen molar-refractivity contribution in [3.8, 4) is 5.75 Å². The second kappa shape index (κ2) is 9.32. The van der Waals surface area contributed by atoms with E-state index in [0.717, 1.165) is 50.3 Å². The number of nitrogens with one attached hydrogen (secondary N) is 2. The number of fused-ring (bicyclic) bond motifs is 1. The summed E-state index contributed by atoms with van der Waals surface area (Å²) >= 11 is 0. The number of phenolic OH excluding ortho intramolecular Hbond substituents is 1. The maximum absolute atomic E-state index is 14.1. The van der Waals surface area contributed by atoms with Crippen molar-refractivity contribution in [1.82, 2.24) is 15.6 Å². The molecule has 4 rings (SSSR count). The first-order valence-electron chi connectivity index (χ1n) is 10.9. The fourth-order valence-electron chi connectivity index (χ4n) is 4.42. The quantitative estimate of drug-likeness (QED) is 0.521. The smallest absolute Gasteiger partial charge is 0.191 e. The average Bonchev–Trinajstić information content (AvgIpc) is 3.21. The van der Waals surface area contributed by atoms with E-state index < -0.39 is 0 Å². The van der Waals surface area contributed by atoms with E-state index in [1.54, 1.807) is 18.3 Å². The fraction of sp³-hybridized carbons (Fsp3) is 0.478. The summed E-state index contributed by atoms with van der Waals surface area (Å²) in [7, 11) is 0. The number of benzene rings is 1. The normalized spacial score (nSPS) is 18.9. The van der Waals surface area contributed by atoms with Gasteiger partial charge < -0.3 is 20.6 Å². The Morgan fingerprint density at radius 3 is 3.00 bits per heavy atom. The van der Waals surface area contributed by atoms with Crippen LogP contribution in [0.25, 0.3) is 0 Å². The van der Waals surface area contributed by atoms with Crippen molar-refractivity contribution in [2.75, 3.05) is 24.5 Å². The van der Waals surface area contributed by atoms with E-state index in [-0.39, 0.29) is 11.9 Å². The minimum absolute atomic E-state index is 0.155. The molecule has 1 aromatic carbocycles. The third kappa shape index (κ3) is 4.50. The molecule has 30 heavy (non-hydrogen) atoms. The Morgan fingerprint density at radius 2 is 2.17 bits per heavy atom. The number of aromatic hydroxyl groups is 1. The zero-order valence-electron chi connectivity index (χ0n) is 17.5. The standard InChI is InChI=1S/C23H30FN5O/c1-2-25-23(27-14-19-18-7-4-3-6-16(18)9-10-21(19)30)28-17-11-13-29(15-17)22-20(24)8-5-12-26-22/h5,8-10,12,17,30H,2-4,6-7,11,13-15H2,1H3,(H2,25,27,28). The molecule has 0 bridgehead atoms. The minimum atomic E-state index is -0.289. The SMILES string of the molecule is CCNC(=NCc1c(O)ccc2c1CCCC2)NC1CCN(c2ncccc2F)C1. The van der Waals surface area contributed by atoms with Crippen LogP contribution < -0.4 is 15.5 Å². The lowest BCUT2D eigenvalue weighted by Gasteiger charge is -2.21. The molecule has 0 saturated carbocycles. The zero-order chi connectivity index (χ0) is 20.9. The van der Waals surface area contributed by atoms with E-state index >= 15 is 0 Å².